The number of fused-ring (bicyclic) bond motifs is 1. The molecule has 0 bridgehead atoms. The van der Waals surface area contributed by atoms with Gasteiger partial charge in [0, 0.05) is 0 Å². The first-order valence-corrected chi connectivity index (χ1v) is 7.39. The van der Waals surface area contributed by atoms with Crippen LogP contribution in [-0.4, -0.2) is 0 Å². The highest BCUT2D eigenvalue weighted by atomic mass is 14.6. The third-order valence-corrected chi connectivity index (χ3v) is 6.11. The molecule has 2 aliphatic carbocycles. The van der Waals surface area contributed by atoms with Crippen LogP contribution in [0.2, 0.25) is 0 Å². The Morgan fingerprint density at radius 3 is 2.35 bits per heavy atom. The van der Waals surface area contributed by atoms with E-state index in [1.54, 1.807) is 0 Å². The summed E-state index contributed by atoms with van der Waals surface area (Å²) >= 11 is 0. The zero-order chi connectivity index (χ0) is 12.0. The molecule has 0 heteroatoms. The van der Waals surface area contributed by atoms with Gasteiger partial charge in [0.15, 0.2) is 0 Å². The molecular weight excluding hydrogens is 204 g/mol. The van der Waals surface area contributed by atoms with Gasteiger partial charge in [0.25, 0.3) is 0 Å². The minimum Gasteiger partial charge on any atom is -0.0776 e. The fraction of sp³-hybridized carbons (Fsp3) is 1.00. The Labute approximate surface area is 110 Å². The smallest absolute Gasteiger partial charge is 0.0241 e. The molecule has 0 heterocycles. The molecule has 4 atom stereocenters. The van der Waals surface area contributed by atoms with Crippen molar-refractivity contribution in [3.8, 4) is 0 Å². The minimum atomic E-state index is 0. The molecule has 2 saturated carbocycles. The van der Waals surface area contributed by atoms with Crippen molar-refractivity contribution in [2.75, 3.05) is 0 Å². The van der Waals surface area contributed by atoms with E-state index < -0.39 is 0 Å². The summed E-state index contributed by atoms with van der Waals surface area (Å²) in [6.45, 7) is 12.5. The van der Waals surface area contributed by atoms with Crippen molar-refractivity contribution < 1.29 is 0 Å². The summed E-state index contributed by atoms with van der Waals surface area (Å²) in [6, 6.07) is 0. The van der Waals surface area contributed by atoms with Crippen LogP contribution in [-0.2, 0) is 0 Å². The summed E-state index contributed by atoms with van der Waals surface area (Å²) in [6.07, 6.45) is 8.87. The molecular formula is C17H34. The molecule has 0 spiro atoms. The predicted octanol–water partition coefficient (Wildman–Crippen LogP) is 5.91. The minimum absolute atomic E-state index is 0. The number of hydrogen-bond acceptors (Lipinski definition) is 0. The summed E-state index contributed by atoms with van der Waals surface area (Å²) in [5.74, 6) is 2.86. The SMILES string of the molecule is C.CC(C)CC1(C)CCC2C(C)CCCC21C. The van der Waals surface area contributed by atoms with Gasteiger partial charge >= 0.3 is 0 Å². The van der Waals surface area contributed by atoms with Gasteiger partial charge in [-0.25, -0.2) is 0 Å². The number of hydrogen-bond donors (Lipinski definition) is 0. The summed E-state index contributed by atoms with van der Waals surface area (Å²) < 4.78 is 0. The molecule has 0 saturated heterocycles. The molecule has 2 fully saturated rings. The van der Waals surface area contributed by atoms with Crippen LogP contribution < -0.4 is 0 Å². The second-order valence-corrected chi connectivity index (χ2v) is 7.59. The van der Waals surface area contributed by atoms with E-state index in [9.17, 15) is 0 Å². The highest BCUT2D eigenvalue weighted by molar-refractivity contribution is 5.05. The molecule has 0 amide bonds. The van der Waals surface area contributed by atoms with Crippen molar-refractivity contribution in [3.63, 3.8) is 0 Å². The average molecular weight is 238 g/mol. The largest absolute Gasteiger partial charge is 0.0776 e. The number of rotatable bonds is 2. The highest BCUT2D eigenvalue weighted by Gasteiger charge is 2.56. The maximum atomic E-state index is 2.61. The van der Waals surface area contributed by atoms with Gasteiger partial charge in [-0.3, -0.25) is 0 Å². The first kappa shape index (κ1) is 15.1. The lowest BCUT2D eigenvalue weighted by Crippen LogP contribution is -2.42. The summed E-state index contributed by atoms with van der Waals surface area (Å²) in [5, 5.41) is 0. The Kier molecular flexibility index (Phi) is 4.37. The maximum Gasteiger partial charge on any atom is -0.0241 e. The Morgan fingerprint density at radius 2 is 1.76 bits per heavy atom. The van der Waals surface area contributed by atoms with E-state index in [4.69, 9.17) is 0 Å². The second-order valence-electron chi connectivity index (χ2n) is 7.59. The lowest BCUT2D eigenvalue weighted by molar-refractivity contribution is -0.00951. The lowest BCUT2D eigenvalue weighted by Gasteiger charge is -2.50. The van der Waals surface area contributed by atoms with Gasteiger partial charge in [-0.1, -0.05) is 54.9 Å². The van der Waals surface area contributed by atoms with Gasteiger partial charge in [-0.2, -0.15) is 0 Å². The molecule has 4 unspecified atom stereocenters. The molecule has 17 heavy (non-hydrogen) atoms. The van der Waals surface area contributed by atoms with Crippen LogP contribution in [0, 0.1) is 28.6 Å². The molecule has 102 valence electrons. The van der Waals surface area contributed by atoms with E-state index >= 15 is 0 Å². The lowest BCUT2D eigenvalue weighted by atomic mass is 9.55. The summed E-state index contributed by atoms with van der Waals surface area (Å²) in [4.78, 5) is 0. The third kappa shape index (κ3) is 2.29. The van der Waals surface area contributed by atoms with Crippen molar-refractivity contribution in [2.24, 2.45) is 28.6 Å². The maximum absolute atomic E-state index is 2.61. The van der Waals surface area contributed by atoms with Crippen molar-refractivity contribution in [2.45, 2.75) is 80.6 Å². The Bertz CT molecular complexity index is 255. The van der Waals surface area contributed by atoms with Crippen LogP contribution in [0.25, 0.3) is 0 Å². The van der Waals surface area contributed by atoms with Crippen molar-refractivity contribution in [1.29, 1.82) is 0 Å². The Balaban J connectivity index is 0.00000144. The molecule has 0 aromatic heterocycles. The molecule has 0 aromatic carbocycles. The molecule has 2 rings (SSSR count). The van der Waals surface area contributed by atoms with E-state index in [0.29, 0.717) is 10.8 Å². The van der Waals surface area contributed by atoms with Crippen LogP contribution in [0.15, 0.2) is 0 Å². The van der Waals surface area contributed by atoms with E-state index in [0.717, 1.165) is 17.8 Å². The van der Waals surface area contributed by atoms with Crippen molar-refractivity contribution >= 4 is 0 Å². The summed E-state index contributed by atoms with van der Waals surface area (Å²) in [5.41, 5.74) is 1.27. The van der Waals surface area contributed by atoms with Crippen LogP contribution >= 0.6 is 0 Å². The van der Waals surface area contributed by atoms with E-state index in [1.807, 2.05) is 0 Å². The first-order chi connectivity index (χ1) is 7.39. The zero-order valence-corrected chi connectivity index (χ0v) is 12.0. The van der Waals surface area contributed by atoms with Crippen LogP contribution in [0.5, 0.6) is 0 Å². The fourth-order valence-electron chi connectivity index (χ4n) is 5.15. The van der Waals surface area contributed by atoms with Gasteiger partial charge in [-0.15, -0.1) is 0 Å². The van der Waals surface area contributed by atoms with E-state index in [-0.39, 0.29) is 7.43 Å². The monoisotopic (exact) mass is 238 g/mol. The third-order valence-electron chi connectivity index (χ3n) is 6.11. The van der Waals surface area contributed by atoms with Crippen molar-refractivity contribution in [1.82, 2.24) is 0 Å². The normalized spacial score (nSPS) is 45.5. The first-order valence-electron chi connectivity index (χ1n) is 7.39. The quantitative estimate of drug-likeness (QED) is 0.561. The Morgan fingerprint density at radius 1 is 1.12 bits per heavy atom. The molecule has 0 aromatic rings. The average Bonchev–Trinajstić information content (AvgIpc) is 2.39. The molecule has 0 radical (unpaired) electrons. The van der Waals surface area contributed by atoms with Crippen LogP contribution in [0.4, 0.5) is 0 Å². The zero-order valence-electron chi connectivity index (χ0n) is 12.0. The molecule has 0 aliphatic heterocycles. The molecule has 0 nitrogen and oxygen atoms in total. The van der Waals surface area contributed by atoms with Gasteiger partial charge in [0.2, 0.25) is 0 Å². The van der Waals surface area contributed by atoms with E-state index in [2.05, 4.69) is 34.6 Å². The second kappa shape index (κ2) is 4.94. The van der Waals surface area contributed by atoms with Gasteiger partial charge < -0.3 is 0 Å². The van der Waals surface area contributed by atoms with Gasteiger partial charge in [-0.05, 0) is 54.3 Å². The standard InChI is InChI=1S/C16H30.CH4/c1-12(2)11-15(4)10-8-14-13(3)7-6-9-16(14,15)5;/h12-14H,6-11H2,1-5H3;1H4. The van der Waals surface area contributed by atoms with Crippen LogP contribution in [0.3, 0.4) is 0 Å². The molecule has 2 aliphatic rings. The van der Waals surface area contributed by atoms with Gasteiger partial charge in [0.1, 0.15) is 0 Å². The molecule has 0 N–H and O–H groups in total. The Hall–Kier alpha value is 0. The fourth-order valence-corrected chi connectivity index (χ4v) is 5.15. The predicted molar refractivity (Wildman–Crippen MR) is 78.1 cm³/mol. The highest BCUT2D eigenvalue weighted by Crippen LogP contribution is 2.65. The summed E-state index contributed by atoms with van der Waals surface area (Å²) in [7, 11) is 0. The van der Waals surface area contributed by atoms with E-state index in [1.165, 1.54) is 38.5 Å². The topological polar surface area (TPSA) is 0 Å². The van der Waals surface area contributed by atoms with Crippen LogP contribution in [0.1, 0.15) is 80.6 Å². The van der Waals surface area contributed by atoms with Gasteiger partial charge in [0.05, 0.1) is 0 Å². The van der Waals surface area contributed by atoms with Crippen molar-refractivity contribution in [3.05, 3.63) is 0 Å².